The molecule has 2 fully saturated rings. The Morgan fingerprint density at radius 3 is 1.19 bits per heavy atom. The van der Waals surface area contributed by atoms with Crippen LogP contribution in [0.15, 0.2) is 60.8 Å². The summed E-state index contributed by atoms with van der Waals surface area (Å²) >= 11 is 0. The number of hydrogen-bond donors (Lipinski definition) is 9. The number of allylic oxidation sites excluding steroid dienone is 10. The third-order valence-electron chi connectivity index (χ3n) is 18.0. The third kappa shape index (κ3) is 43.3. The van der Waals surface area contributed by atoms with Crippen molar-refractivity contribution in [2.45, 2.75) is 389 Å². The van der Waals surface area contributed by atoms with E-state index in [0.29, 0.717) is 19.3 Å². The maximum atomic E-state index is 13.4. The van der Waals surface area contributed by atoms with Crippen molar-refractivity contribution in [3.63, 3.8) is 0 Å². The van der Waals surface area contributed by atoms with Crippen molar-refractivity contribution in [1.29, 1.82) is 0 Å². The van der Waals surface area contributed by atoms with Crippen LogP contribution in [0, 0.1) is 0 Å². The Kier molecular flexibility index (Phi) is 55.3. The summed E-state index contributed by atoms with van der Waals surface area (Å²) in [5, 5.41) is 87.7. The molecule has 0 aromatic heterocycles. The van der Waals surface area contributed by atoms with Gasteiger partial charge in [-0.15, -0.1) is 0 Å². The zero-order chi connectivity index (χ0) is 64.5. The first-order valence-corrected chi connectivity index (χ1v) is 37.0. The monoisotopic (exact) mass is 1260 g/mol. The highest BCUT2D eigenvalue weighted by atomic mass is 16.7. The topological polar surface area (TPSA) is 228 Å². The van der Waals surface area contributed by atoms with E-state index in [2.05, 4.69) is 79.9 Å². The van der Waals surface area contributed by atoms with E-state index in [1.54, 1.807) is 0 Å². The molecule has 2 aliphatic heterocycles. The minimum atomic E-state index is -1.79. The van der Waals surface area contributed by atoms with Gasteiger partial charge in [0, 0.05) is 6.42 Å². The van der Waals surface area contributed by atoms with Crippen LogP contribution < -0.4 is 5.32 Å². The van der Waals surface area contributed by atoms with Crippen LogP contribution in [0.2, 0.25) is 0 Å². The Labute approximate surface area is 543 Å². The number of carbonyl (C=O) groups excluding carboxylic acids is 1. The maximum absolute atomic E-state index is 13.4. The number of amides is 1. The Morgan fingerprint density at radius 2 is 0.775 bits per heavy atom. The average molecular weight is 1260 g/mol. The molecule has 89 heavy (non-hydrogen) atoms. The van der Waals surface area contributed by atoms with Crippen molar-refractivity contribution < 1.29 is 64.6 Å². The van der Waals surface area contributed by atoms with Crippen molar-refractivity contribution in [1.82, 2.24) is 5.32 Å². The van der Waals surface area contributed by atoms with Crippen LogP contribution >= 0.6 is 0 Å². The van der Waals surface area contributed by atoms with Crippen LogP contribution in [-0.2, 0) is 23.7 Å². The van der Waals surface area contributed by atoms with Crippen molar-refractivity contribution in [3.05, 3.63) is 60.8 Å². The fraction of sp³-hybridized carbons (Fsp3) is 0.853. The second-order valence-electron chi connectivity index (χ2n) is 26.0. The number of rotatable bonds is 61. The highest BCUT2D eigenvalue weighted by Gasteiger charge is 2.51. The van der Waals surface area contributed by atoms with Gasteiger partial charge in [0.15, 0.2) is 12.6 Å². The molecular weight excluding hydrogens is 1120 g/mol. The molecule has 0 bridgehead atoms. The van der Waals surface area contributed by atoms with E-state index in [-0.39, 0.29) is 12.5 Å². The summed E-state index contributed by atoms with van der Waals surface area (Å²) in [7, 11) is 0. The lowest BCUT2D eigenvalue weighted by atomic mass is 9.97. The molecule has 0 saturated carbocycles. The Hall–Kier alpha value is -2.31. The van der Waals surface area contributed by atoms with Crippen LogP contribution in [0.4, 0.5) is 0 Å². The second kappa shape index (κ2) is 59.4. The minimum absolute atomic E-state index is 0.211. The van der Waals surface area contributed by atoms with Gasteiger partial charge in [-0.25, -0.2) is 0 Å². The molecular formula is C75H137NO13. The molecule has 14 nitrogen and oxygen atoms in total. The minimum Gasteiger partial charge on any atom is -0.394 e. The van der Waals surface area contributed by atoms with E-state index in [4.69, 9.17) is 18.9 Å². The van der Waals surface area contributed by atoms with Gasteiger partial charge in [0.2, 0.25) is 5.91 Å². The molecule has 0 spiro atoms. The quantitative estimate of drug-likeness (QED) is 0.0204. The molecule has 2 heterocycles. The smallest absolute Gasteiger partial charge is 0.220 e. The summed E-state index contributed by atoms with van der Waals surface area (Å²) in [6.45, 7) is 2.79. The second-order valence-corrected chi connectivity index (χ2v) is 26.0. The first-order chi connectivity index (χ1) is 43.6. The predicted octanol–water partition coefficient (Wildman–Crippen LogP) is 15.6. The Bertz CT molecular complexity index is 1720. The molecule has 12 atom stereocenters. The summed E-state index contributed by atoms with van der Waals surface area (Å²) in [5.74, 6) is -0.211. The van der Waals surface area contributed by atoms with Gasteiger partial charge in [0.25, 0.3) is 0 Å². The summed E-state index contributed by atoms with van der Waals surface area (Å²) in [5.41, 5.74) is 0. The zero-order valence-electron chi connectivity index (χ0n) is 56.7. The largest absolute Gasteiger partial charge is 0.394 e. The molecule has 520 valence electrons. The molecule has 1 amide bonds. The molecule has 0 aromatic rings. The number of carbonyl (C=O) groups is 1. The van der Waals surface area contributed by atoms with E-state index in [0.717, 1.165) is 83.5 Å². The van der Waals surface area contributed by atoms with Crippen molar-refractivity contribution in [2.75, 3.05) is 19.8 Å². The van der Waals surface area contributed by atoms with Gasteiger partial charge in [-0.05, 0) is 57.8 Å². The van der Waals surface area contributed by atoms with E-state index in [1.165, 1.54) is 199 Å². The average Bonchev–Trinajstić information content (AvgIpc) is 1.37. The predicted molar refractivity (Wildman–Crippen MR) is 364 cm³/mol. The molecule has 0 radical (unpaired) electrons. The molecule has 14 heteroatoms. The van der Waals surface area contributed by atoms with Crippen LogP contribution in [0.3, 0.4) is 0 Å². The van der Waals surface area contributed by atoms with Gasteiger partial charge in [-0.2, -0.15) is 0 Å². The van der Waals surface area contributed by atoms with E-state index < -0.39 is 86.8 Å². The lowest BCUT2D eigenvalue weighted by Gasteiger charge is -2.46. The molecule has 9 N–H and O–H groups in total. The van der Waals surface area contributed by atoms with Crippen molar-refractivity contribution in [3.8, 4) is 0 Å². The van der Waals surface area contributed by atoms with Crippen LogP contribution in [0.1, 0.15) is 316 Å². The first kappa shape index (κ1) is 82.8. The standard InChI is InChI=1S/C75H137NO13/c1-3-5-7-9-11-13-15-17-19-21-23-25-27-29-30-31-32-33-35-36-38-40-42-44-46-48-50-52-54-56-58-64(79)63(62-86-74-72(85)70(83)73(66(61-78)88-74)89-75-71(84)69(82)68(81)65(60-77)87-75)76-67(80)59-57-55-53-51-49-47-45-43-41-39-37-34-28-26-24-22-20-18-16-14-12-10-8-6-4-2/h6,8,12,14,18,20,24,26,34,37,63-66,68-75,77-79,81-85H,3-5,7,9-11,13,15-17,19,21-23,25,27-33,35-36,38-62H2,1-2H3,(H,76,80)/b8-6-,14-12-,20-18-,26-24-,37-34-. The lowest BCUT2D eigenvalue weighted by molar-refractivity contribution is -0.359. The van der Waals surface area contributed by atoms with Crippen LogP contribution in [-0.4, -0.2) is 140 Å². The number of aliphatic hydroxyl groups excluding tert-OH is 8. The van der Waals surface area contributed by atoms with Gasteiger partial charge in [-0.3, -0.25) is 4.79 Å². The summed E-state index contributed by atoms with van der Waals surface area (Å²) in [6.07, 6.45) is 62.4. The molecule has 2 aliphatic rings. The highest BCUT2D eigenvalue weighted by molar-refractivity contribution is 5.76. The summed E-state index contributed by atoms with van der Waals surface area (Å²) in [4.78, 5) is 13.4. The van der Waals surface area contributed by atoms with Crippen molar-refractivity contribution in [2.24, 2.45) is 0 Å². The Balaban J connectivity index is 1.65. The number of aliphatic hydroxyl groups is 8. The lowest BCUT2D eigenvalue weighted by Crippen LogP contribution is -2.65. The number of unbranched alkanes of at least 4 members (excludes halogenated alkanes) is 38. The van der Waals surface area contributed by atoms with Crippen molar-refractivity contribution >= 4 is 5.91 Å². The first-order valence-electron chi connectivity index (χ1n) is 37.0. The normalized spacial score (nSPS) is 23.3. The summed E-state index contributed by atoms with van der Waals surface area (Å²) in [6, 6.07) is -0.837. The number of ether oxygens (including phenoxy) is 4. The molecule has 12 unspecified atom stereocenters. The summed E-state index contributed by atoms with van der Waals surface area (Å²) < 4.78 is 22.9. The fourth-order valence-corrected chi connectivity index (χ4v) is 12.2. The van der Waals surface area contributed by atoms with Gasteiger partial charge >= 0.3 is 0 Å². The highest BCUT2D eigenvalue weighted by Crippen LogP contribution is 2.30. The number of hydrogen-bond acceptors (Lipinski definition) is 13. The Morgan fingerprint density at radius 1 is 0.416 bits per heavy atom. The zero-order valence-corrected chi connectivity index (χ0v) is 56.7. The van der Waals surface area contributed by atoms with Gasteiger partial charge in [0.1, 0.15) is 48.8 Å². The molecule has 2 rings (SSSR count). The van der Waals surface area contributed by atoms with Gasteiger partial charge in [-0.1, -0.05) is 312 Å². The molecule has 2 saturated heterocycles. The van der Waals surface area contributed by atoms with Gasteiger partial charge in [0.05, 0.1) is 32.0 Å². The molecule has 0 aromatic carbocycles. The van der Waals surface area contributed by atoms with Crippen LogP contribution in [0.5, 0.6) is 0 Å². The van der Waals surface area contributed by atoms with Crippen LogP contribution in [0.25, 0.3) is 0 Å². The van der Waals surface area contributed by atoms with E-state index in [9.17, 15) is 45.6 Å². The number of nitrogens with one attached hydrogen (secondary N) is 1. The third-order valence-corrected chi connectivity index (χ3v) is 18.0. The fourth-order valence-electron chi connectivity index (χ4n) is 12.2. The maximum Gasteiger partial charge on any atom is 0.220 e. The van der Waals surface area contributed by atoms with Gasteiger partial charge < -0.3 is 65.1 Å². The van der Waals surface area contributed by atoms with E-state index in [1.807, 2.05) is 0 Å². The SMILES string of the molecule is CC/C=C\C/C=C\C/C=C\C/C=C\C/C=C\CCCCCCCCCCCC(=O)NC(COC1OC(CO)C(OC2OC(CO)C(O)C(O)C2O)C(O)C1O)C(O)CCCCCCCCCCCCCCCCCCCCCCCCCCCCCCCC. The van der Waals surface area contributed by atoms with E-state index >= 15 is 0 Å². The molecule has 0 aliphatic carbocycles.